The molecule has 0 radical (unpaired) electrons. The van der Waals surface area contributed by atoms with Crippen LogP contribution in [0.5, 0.6) is 17.4 Å². The lowest BCUT2D eigenvalue weighted by atomic mass is 9.83. The van der Waals surface area contributed by atoms with Crippen LogP contribution in [-0.2, 0) is 38.5 Å². The number of hydrogen-bond acceptors (Lipinski definition) is 9. The number of aromatic nitrogens is 5. The number of morpholine rings is 1. The Bertz CT molecular complexity index is 2030. The lowest BCUT2D eigenvalue weighted by Crippen LogP contribution is -2.37. The van der Waals surface area contributed by atoms with E-state index in [0.29, 0.717) is 31.5 Å². The number of carbonyl (C=O) groups excluding carboxylic acids is 1. The van der Waals surface area contributed by atoms with E-state index in [4.69, 9.17) is 9.47 Å². The fourth-order valence-electron chi connectivity index (χ4n) is 7.79. The van der Waals surface area contributed by atoms with E-state index < -0.39 is 5.82 Å². The molecule has 1 aliphatic heterocycles. The van der Waals surface area contributed by atoms with E-state index in [9.17, 15) is 14.3 Å². The van der Waals surface area contributed by atoms with Gasteiger partial charge < -0.3 is 14.6 Å². The third-order valence-corrected chi connectivity index (χ3v) is 10.8. The van der Waals surface area contributed by atoms with E-state index >= 15 is 0 Å². The molecule has 0 bridgehead atoms. The second-order valence-electron chi connectivity index (χ2n) is 15.2. The summed E-state index contributed by atoms with van der Waals surface area (Å²) in [7, 11) is 4.02. The molecule has 7 rings (SSSR count). The van der Waals surface area contributed by atoms with Gasteiger partial charge in [-0.25, -0.2) is 9.37 Å². The van der Waals surface area contributed by atoms with Gasteiger partial charge >= 0.3 is 0 Å². The van der Waals surface area contributed by atoms with Crippen LogP contribution in [0.2, 0.25) is 0 Å². The van der Waals surface area contributed by atoms with E-state index in [1.807, 2.05) is 53.9 Å². The van der Waals surface area contributed by atoms with Gasteiger partial charge in [-0.05, 0) is 105 Å². The van der Waals surface area contributed by atoms with Crippen molar-refractivity contribution in [3.63, 3.8) is 0 Å². The summed E-state index contributed by atoms with van der Waals surface area (Å²) in [5, 5.41) is 19.3. The highest BCUT2D eigenvalue weighted by Crippen LogP contribution is 2.34. The van der Waals surface area contributed by atoms with Crippen molar-refractivity contribution in [3.8, 4) is 28.5 Å². The van der Waals surface area contributed by atoms with Crippen LogP contribution in [-0.4, -0.2) is 77.6 Å². The molecule has 1 saturated heterocycles. The Morgan fingerprint density at radius 2 is 1.75 bits per heavy atom. The summed E-state index contributed by atoms with van der Waals surface area (Å²) in [4.78, 5) is 20.7. The zero-order valence-electron chi connectivity index (χ0n) is 33.5. The number of aryl methyl sites for hydroxylation is 3. The van der Waals surface area contributed by atoms with E-state index in [1.165, 1.54) is 56.8 Å². The zero-order chi connectivity index (χ0) is 39.6. The Hall–Kier alpha value is -4.91. The fraction of sp³-hybridized carbons (Fsp3) is 0.455. The van der Waals surface area contributed by atoms with Crippen molar-refractivity contribution in [2.45, 2.75) is 85.0 Å². The highest BCUT2D eigenvalue weighted by atomic mass is 19.1. The Morgan fingerprint density at radius 3 is 2.43 bits per heavy atom. The van der Waals surface area contributed by atoms with Crippen LogP contribution in [0.15, 0.2) is 73.1 Å². The molecule has 298 valence electrons. The molecule has 0 atom stereocenters. The summed E-state index contributed by atoms with van der Waals surface area (Å²) in [6, 6.07) is 18.8. The number of phenolic OH excluding ortho intramolecular Hbond substituents is 1. The number of carbonyl (C=O) groups is 1. The number of nitrogens with zero attached hydrogens (tertiary/aromatic N) is 7. The molecule has 2 fully saturated rings. The Morgan fingerprint density at radius 1 is 0.982 bits per heavy atom. The third kappa shape index (κ3) is 11.1. The fourth-order valence-corrected chi connectivity index (χ4v) is 7.79. The smallest absolute Gasteiger partial charge is 0.230 e. The Kier molecular flexibility index (Phi) is 14.0. The maximum Gasteiger partial charge on any atom is 0.230 e. The molecule has 2 aromatic carbocycles. The topological polar surface area (TPSA) is 111 Å². The van der Waals surface area contributed by atoms with Crippen LogP contribution < -0.4 is 4.74 Å². The molecule has 12 heteroatoms. The molecule has 4 heterocycles. The van der Waals surface area contributed by atoms with Gasteiger partial charge in [0.05, 0.1) is 36.4 Å². The van der Waals surface area contributed by atoms with Crippen molar-refractivity contribution in [2.75, 3.05) is 26.3 Å². The van der Waals surface area contributed by atoms with Crippen molar-refractivity contribution >= 4 is 5.78 Å². The first-order chi connectivity index (χ1) is 27.0. The van der Waals surface area contributed by atoms with E-state index in [-0.39, 0.29) is 23.0 Å². The van der Waals surface area contributed by atoms with Crippen LogP contribution in [0, 0.1) is 18.7 Å². The summed E-state index contributed by atoms with van der Waals surface area (Å²) >= 11 is 0. The molecule has 1 N–H and O–H groups in total. The molecule has 5 aromatic rings. The van der Waals surface area contributed by atoms with Gasteiger partial charge in [-0.1, -0.05) is 38.0 Å². The number of halogens is 1. The second-order valence-corrected chi connectivity index (χ2v) is 15.2. The predicted molar refractivity (Wildman–Crippen MR) is 215 cm³/mol. The van der Waals surface area contributed by atoms with Crippen molar-refractivity contribution < 1.29 is 23.8 Å². The minimum atomic E-state index is -0.594. The van der Waals surface area contributed by atoms with Crippen molar-refractivity contribution in [3.05, 3.63) is 107 Å². The molecule has 0 spiro atoms. The van der Waals surface area contributed by atoms with Crippen LogP contribution in [0.1, 0.15) is 85.4 Å². The number of aromatic hydroxyl groups is 1. The highest BCUT2D eigenvalue weighted by Gasteiger charge is 2.27. The number of ketones is 1. The average molecular weight is 766 g/mol. The number of phenols is 1. The van der Waals surface area contributed by atoms with Gasteiger partial charge in [0.15, 0.2) is 5.78 Å². The van der Waals surface area contributed by atoms with E-state index in [2.05, 4.69) is 51.0 Å². The van der Waals surface area contributed by atoms with E-state index in [1.54, 1.807) is 18.2 Å². The summed E-state index contributed by atoms with van der Waals surface area (Å²) in [6.07, 6.45) is 11.1. The van der Waals surface area contributed by atoms with Crippen LogP contribution >= 0.6 is 0 Å². The van der Waals surface area contributed by atoms with Gasteiger partial charge in [0.25, 0.3) is 0 Å². The normalized spacial score (nSPS) is 17.4. The molecule has 1 saturated carbocycles. The van der Waals surface area contributed by atoms with Gasteiger partial charge in [0, 0.05) is 64.8 Å². The minimum absolute atomic E-state index is 0.0605. The summed E-state index contributed by atoms with van der Waals surface area (Å²) in [5.41, 5.74) is 6.49. The Labute approximate surface area is 330 Å². The molecular weight excluding hydrogens is 710 g/mol. The number of Topliss-reactive ketones (excluding diaryl/α,β-unsaturated/α-hetero) is 1. The summed E-state index contributed by atoms with van der Waals surface area (Å²) in [6.45, 7) is 11.4. The maximum atomic E-state index is 13.5. The lowest BCUT2D eigenvalue weighted by Gasteiger charge is -2.36. The molecule has 0 amide bonds. The standard InChI is InChI=1S/C24H23FN2O4.C20H33N5/c1-16(28)23-13-19(25)14-26-24(23)31-21-4-2-3-17(12-21)22-6-5-20(29)11-18(22)15-27-7-9-30-10-8-27;1-5-6-17-7-9-20(10-8-17)25(14-18-11-12-23(3)21-18)15-19-13-16(2)24(4)22-19/h2-6,11-14,29H,7-10,15H2,1H3;11-13,17,20H,5-10,14-15H2,1-4H3. The average Bonchev–Trinajstić information content (AvgIpc) is 3.75. The quantitative estimate of drug-likeness (QED) is 0.119. The highest BCUT2D eigenvalue weighted by molar-refractivity contribution is 5.96. The number of hydrogen-bond donors (Lipinski definition) is 1. The van der Waals surface area contributed by atoms with Crippen molar-refractivity contribution in [1.29, 1.82) is 0 Å². The SMILES string of the molecule is CC(=O)c1cc(F)cnc1Oc1cccc(-c2ccc(O)cc2CN2CCOCC2)c1.CCCC1CCC(N(Cc2ccn(C)n2)Cc2cc(C)n(C)n2)CC1. The van der Waals surface area contributed by atoms with Crippen molar-refractivity contribution in [1.82, 2.24) is 34.3 Å². The number of ether oxygens (including phenoxy) is 2. The number of rotatable bonds is 13. The second kappa shape index (κ2) is 19.3. The van der Waals surface area contributed by atoms with Gasteiger partial charge in [0.2, 0.25) is 5.88 Å². The number of pyridine rings is 1. The molecule has 3 aromatic heterocycles. The van der Waals surface area contributed by atoms with E-state index in [0.717, 1.165) is 66.7 Å². The first-order valence-electron chi connectivity index (χ1n) is 19.8. The zero-order valence-corrected chi connectivity index (χ0v) is 33.5. The summed E-state index contributed by atoms with van der Waals surface area (Å²) in [5.74, 6) is 0.763. The largest absolute Gasteiger partial charge is 0.508 e. The lowest BCUT2D eigenvalue weighted by molar-refractivity contribution is 0.0342. The molecule has 1 aliphatic carbocycles. The molecular formula is C44H56FN7O4. The summed E-state index contributed by atoms with van der Waals surface area (Å²) < 4.78 is 28.6. The van der Waals surface area contributed by atoms with Crippen LogP contribution in [0.3, 0.4) is 0 Å². The number of benzene rings is 2. The van der Waals surface area contributed by atoms with Crippen molar-refractivity contribution in [2.24, 2.45) is 20.0 Å². The Balaban J connectivity index is 0.000000194. The van der Waals surface area contributed by atoms with Gasteiger partial charge in [-0.2, -0.15) is 10.2 Å². The van der Waals surface area contributed by atoms with Gasteiger partial charge in [0.1, 0.15) is 17.3 Å². The minimum Gasteiger partial charge on any atom is -0.508 e. The van der Waals surface area contributed by atoms with Crippen LogP contribution in [0.25, 0.3) is 11.1 Å². The first kappa shape index (κ1) is 40.7. The molecule has 0 unspecified atom stereocenters. The first-order valence-corrected chi connectivity index (χ1v) is 19.8. The molecule has 2 aliphatic rings. The van der Waals surface area contributed by atoms with Gasteiger partial charge in [-0.3, -0.25) is 24.0 Å². The maximum absolute atomic E-state index is 13.5. The van der Waals surface area contributed by atoms with Crippen LogP contribution in [0.4, 0.5) is 4.39 Å². The molecule has 56 heavy (non-hydrogen) atoms. The third-order valence-electron chi connectivity index (χ3n) is 10.8. The monoisotopic (exact) mass is 765 g/mol. The molecule has 11 nitrogen and oxygen atoms in total. The predicted octanol–water partition coefficient (Wildman–Crippen LogP) is 8.24. The van der Waals surface area contributed by atoms with Gasteiger partial charge in [-0.15, -0.1) is 0 Å².